The molecular formula is C23H25N3O6. The van der Waals surface area contributed by atoms with Crippen molar-refractivity contribution < 1.29 is 28.3 Å². The minimum atomic E-state index is -0.305. The van der Waals surface area contributed by atoms with Gasteiger partial charge >= 0.3 is 0 Å². The predicted molar refractivity (Wildman–Crippen MR) is 115 cm³/mol. The van der Waals surface area contributed by atoms with Crippen LogP contribution < -0.4 is 18.9 Å². The highest BCUT2D eigenvalue weighted by Gasteiger charge is 2.35. The summed E-state index contributed by atoms with van der Waals surface area (Å²) in [6.45, 7) is 0.584. The second-order valence-corrected chi connectivity index (χ2v) is 7.26. The quantitative estimate of drug-likeness (QED) is 0.549. The Balaban J connectivity index is 1.60. The van der Waals surface area contributed by atoms with Gasteiger partial charge in [-0.3, -0.25) is 4.79 Å². The third kappa shape index (κ3) is 3.93. The molecule has 2 heterocycles. The predicted octanol–water partition coefficient (Wildman–Crippen LogP) is 3.75. The first kappa shape index (κ1) is 21.5. The van der Waals surface area contributed by atoms with Crippen molar-refractivity contribution in [3.63, 3.8) is 0 Å². The Morgan fingerprint density at radius 3 is 2.28 bits per heavy atom. The minimum absolute atomic E-state index is 0.170. The van der Waals surface area contributed by atoms with E-state index < -0.39 is 0 Å². The number of benzene rings is 2. The molecule has 1 saturated heterocycles. The number of carbonyl (C=O) groups is 1. The summed E-state index contributed by atoms with van der Waals surface area (Å²) in [5.74, 6) is 2.73. The Morgan fingerprint density at radius 1 is 1.00 bits per heavy atom. The normalized spacial score (nSPS) is 15.5. The van der Waals surface area contributed by atoms with E-state index in [4.69, 9.17) is 23.5 Å². The van der Waals surface area contributed by atoms with Crippen LogP contribution in [0.25, 0.3) is 11.4 Å². The van der Waals surface area contributed by atoms with E-state index in [2.05, 4.69) is 10.1 Å². The molecule has 4 rings (SSSR count). The van der Waals surface area contributed by atoms with Crippen LogP contribution in [0.4, 0.5) is 0 Å². The fourth-order valence-electron chi connectivity index (χ4n) is 3.86. The molecule has 1 aliphatic heterocycles. The molecule has 168 valence electrons. The number of rotatable bonds is 7. The van der Waals surface area contributed by atoms with Crippen molar-refractivity contribution in [2.24, 2.45) is 0 Å². The van der Waals surface area contributed by atoms with E-state index in [1.807, 2.05) is 24.3 Å². The van der Waals surface area contributed by atoms with Crippen molar-refractivity contribution in [2.75, 3.05) is 35.0 Å². The molecule has 0 spiro atoms. The molecule has 1 aromatic heterocycles. The SMILES string of the molecule is COc1ccc(-c2noc(C3CCCN3C(=O)c3cc(OC)c(OC)c(OC)c3)n2)cc1. The summed E-state index contributed by atoms with van der Waals surface area (Å²) >= 11 is 0. The monoisotopic (exact) mass is 439 g/mol. The van der Waals surface area contributed by atoms with Crippen LogP contribution in [0.15, 0.2) is 40.9 Å². The third-order valence-corrected chi connectivity index (χ3v) is 5.50. The lowest BCUT2D eigenvalue weighted by Crippen LogP contribution is -2.30. The highest BCUT2D eigenvalue weighted by Crippen LogP contribution is 2.40. The van der Waals surface area contributed by atoms with Crippen LogP contribution in [0.2, 0.25) is 0 Å². The van der Waals surface area contributed by atoms with Crippen molar-refractivity contribution in [2.45, 2.75) is 18.9 Å². The standard InChI is InChI=1S/C23H25N3O6/c1-28-16-9-7-14(8-10-16)21-24-22(32-25-21)17-6-5-11-26(17)23(27)15-12-18(29-2)20(31-4)19(13-15)30-3/h7-10,12-13,17H,5-6,11H2,1-4H3. The summed E-state index contributed by atoms with van der Waals surface area (Å²) in [6.07, 6.45) is 1.57. The maximum atomic E-state index is 13.4. The fraction of sp³-hybridized carbons (Fsp3) is 0.348. The highest BCUT2D eigenvalue weighted by molar-refractivity contribution is 5.96. The average molecular weight is 439 g/mol. The topological polar surface area (TPSA) is 96.2 Å². The van der Waals surface area contributed by atoms with E-state index in [0.717, 1.165) is 24.2 Å². The van der Waals surface area contributed by atoms with Gasteiger partial charge in [-0.2, -0.15) is 4.98 Å². The first-order valence-electron chi connectivity index (χ1n) is 10.2. The van der Waals surface area contributed by atoms with Crippen LogP contribution >= 0.6 is 0 Å². The van der Waals surface area contributed by atoms with Crippen LogP contribution in [0.1, 0.15) is 35.1 Å². The van der Waals surface area contributed by atoms with Gasteiger partial charge in [0.05, 0.1) is 28.4 Å². The van der Waals surface area contributed by atoms with E-state index in [9.17, 15) is 4.79 Å². The molecule has 1 atom stereocenters. The van der Waals surface area contributed by atoms with Crippen LogP contribution in [-0.2, 0) is 0 Å². The summed E-state index contributed by atoms with van der Waals surface area (Å²) in [6, 6.07) is 10.4. The lowest BCUT2D eigenvalue weighted by molar-refractivity contribution is 0.0709. The zero-order valence-corrected chi connectivity index (χ0v) is 18.5. The molecule has 9 heteroatoms. The molecule has 0 N–H and O–H groups in total. The Morgan fingerprint density at radius 2 is 1.69 bits per heavy atom. The number of ether oxygens (including phenoxy) is 4. The van der Waals surface area contributed by atoms with Crippen molar-refractivity contribution in [1.29, 1.82) is 0 Å². The molecule has 1 amide bonds. The largest absolute Gasteiger partial charge is 0.497 e. The van der Waals surface area contributed by atoms with Gasteiger partial charge in [-0.25, -0.2) is 0 Å². The Hall–Kier alpha value is -3.75. The van der Waals surface area contributed by atoms with E-state index in [-0.39, 0.29) is 11.9 Å². The zero-order valence-electron chi connectivity index (χ0n) is 18.5. The molecular weight excluding hydrogens is 414 g/mol. The van der Waals surface area contributed by atoms with Gasteiger partial charge in [0.2, 0.25) is 17.5 Å². The number of nitrogens with zero attached hydrogens (tertiary/aromatic N) is 3. The first-order valence-corrected chi connectivity index (χ1v) is 10.2. The van der Waals surface area contributed by atoms with Crippen molar-refractivity contribution in [1.82, 2.24) is 15.0 Å². The van der Waals surface area contributed by atoms with E-state index >= 15 is 0 Å². The van der Waals surface area contributed by atoms with Gasteiger partial charge in [0.1, 0.15) is 11.8 Å². The molecule has 0 radical (unpaired) electrons. The molecule has 3 aromatic rings. The zero-order chi connectivity index (χ0) is 22.7. The van der Waals surface area contributed by atoms with Gasteiger partial charge in [-0.1, -0.05) is 5.16 Å². The summed E-state index contributed by atoms with van der Waals surface area (Å²) in [5, 5.41) is 4.11. The smallest absolute Gasteiger partial charge is 0.254 e. The van der Waals surface area contributed by atoms with Gasteiger partial charge < -0.3 is 28.4 Å². The van der Waals surface area contributed by atoms with Crippen LogP contribution in [0, 0.1) is 0 Å². The average Bonchev–Trinajstić information content (AvgIpc) is 3.52. The van der Waals surface area contributed by atoms with Gasteiger partial charge in [0, 0.05) is 17.7 Å². The number of aromatic nitrogens is 2. The van der Waals surface area contributed by atoms with Crippen molar-refractivity contribution >= 4 is 5.91 Å². The summed E-state index contributed by atoms with van der Waals surface area (Å²) in [5.41, 5.74) is 1.24. The summed E-state index contributed by atoms with van der Waals surface area (Å²) < 4.78 is 26.9. The Labute approximate surface area is 185 Å². The van der Waals surface area contributed by atoms with Gasteiger partial charge in [0.25, 0.3) is 5.91 Å². The molecule has 1 fully saturated rings. The third-order valence-electron chi connectivity index (χ3n) is 5.50. The number of hydrogen-bond acceptors (Lipinski definition) is 8. The first-order chi connectivity index (χ1) is 15.6. The lowest BCUT2D eigenvalue weighted by Gasteiger charge is -2.23. The fourth-order valence-corrected chi connectivity index (χ4v) is 3.86. The molecule has 1 unspecified atom stereocenters. The number of amides is 1. The second-order valence-electron chi connectivity index (χ2n) is 7.26. The van der Waals surface area contributed by atoms with Crippen molar-refractivity contribution in [3.8, 4) is 34.4 Å². The molecule has 9 nitrogen and oxygen atoms in total. The van der Waals surface area contributed by atoms with Crippen molar-refractivity contribution in [3.05, 3.63) is 47.9 Å². The number of carbonyl (C=O) groups excluding carboxylic acids is 1. The number of methoxy groups -OCH3 is 4. The Bertz CT molecular complexity index is 1070. The van der Waals surface area contributed by atoms with E-state index in [1.165, 1.54) is 21.3 Å². The van der Waals surface area contributed by atoms with Crippen LogP contribution in [0.5, 0.6) is 23.0 Å². The molecule has 2 aromatic carbocycles. The molecule has 0 saturated carbocycles. The maximum Gasteiger partial charge on any atom is 0.254 e. The number of likely N-dealkylation sites (tertiary alicyclic amines) is 1. The van der Waals surface area contributed by atoms with Gasteiger partial charge in [-0.15, -0.1) is 0 Å². The van der Waals surface area contributed by atoms with Crippen LogP contribution in [-0.4, -0.2) is 55.9 Å². The maximum absolute atomic E-state index is 13.4. The molecule has 32 heavy (non-hydrogen) atoms. The number of hydrogen-bond donors (Lipinski definition) is 0. The summed E-state index contributed by atoms with van der Waals surface area (Å²) in [7, 11) is 6.17. The van der Waals surface area contributed by atoms with Crippen LogP contribution in [0.3, 0.4) is 0 Å². The van der Waals surface area contributed by atoms with E-state index in [1.54, 1.807) is 24.1 Å². The van der Waals surface area contributed by atoms with E-state index in [0.29, 0.717) is 41.1 Å². The second kappa shape index (κ2) is 9.17. The Kier molecular flexibility index (Phi) is 6.16. The molecule has 0 bridgehead atoms. The van der Waals surface area contributed by atoms with Gasteiger partial charge in [0.15, 0.2) is 11.5 Å². The highest BCUT2D eigenvalue weighted by atomic mass is 16.5. The minimum Gasteiger partial charge on any atom is -0.497 e. The molecule has 0 aliphatic carbocycles. The molecule has 1 aliphatic rings. The lowest BCUT2D eigenvalue weighted by atomic mass is 10.1. The van der Waals surface area contributed by atoms with Gasteiger partial charge in [-0.05, 0) is 49.2 Å². The summed E-state index contributed by atoms with van der Waals surface area (Å²) in [4.78, 5) is 19.7.